The molecule has 0 radical (unpaired) electrons. The number of nitrogens with zero attached hydrogens (tertiary/aromatic N) is 1. The second-order valence-corrected chi connectivity index (χ2v) is 5.43. The second kappa shape index (κ2) is 8.30. The normalized spacial score (nSPS) is 10.1. The lowest BCUT2D eigenvalue weighted by atomic mass is 10.1. The van der Waals surface area contributed by atoms with Crippen LogP contribution in [0.3, 0.4) is 0 Å². The van der Waals surface area contributed by atoms with Crippen LogP contribution in [0, 0.1) is 6.92 Å². The maximum absolute atomic E-state index is 12.2. The molecule has 1 aromatic carbocycles. The lowest BCUT2D eigenvalue weighted by molar-refractivity contribution is 0.0941. The average Bonchev–Trinajstić information content (AvgIpc) is 2.99. The van der Waals surface area contributed by atoms with Gasteiger partial charge in [-0.3, -0.25) is 15.6 Å². The van der Waals surface area contributed by atoms with Crippen LogP contribution in [0.5, 0.6) is 5.75 Å². The molecule has 2 aromatic rings. The van der Waals surface area contributed by atoms with Crippen LogP contribution in [-0.2, 0) is 13.0 Å². The summed E-state index contributed by atoms with van der Waals surface area (Å²) in [5, 5.41) is 7.17. The molecule has 7 nitrogen and oxygen atoms in total. The Kier molecular flexibility index (Phi) is 6.14. The zero-order valence-electron chi connectivity index (χ0n) is 13.8. The largest absolute Gasteiger partial charge is 0.497 e. The van der Waals surface area contributed by atoms with E-state index in [0.29, 0.717) is 35.1 Å². The van der Waals surface area contributed by atoms with Crippen LogP contribution in [0.15, 0.2) is 28.8 Å². The maximum Gasteiger partial charge on any atom is 0.275 e. The van der Waals surface area contributed by atoms with Crippen molar-refractivity contribution in [3.8, 4) is 5.75 Å². The van der Waals surface area contributed by atoms with E-state index >= 15 is 0 Å². The van der Waals surface area contributed by atoms with Gasteiger partial charge in [-0.25, -0.2) is 0 Å². The molecule has 2 rings (SSSR count). The van der Waals surface area contributed by atoms with Crippen LogP contribution in [-0.4, -0.2) is 23.3 Å². The monoisotopic (exact) mass is 348 g/mol. The van der Waals surface area contributed by atoms with Crippen molar-refractivity contribution in [1.29, 1.82) is 0 Å². The summed E-state index contributed by atoms with van der Waals surface area (Å²) in [5.74, 6) is 0.935. The Bertz CT molecular complexity index is 713. The van der Waals surface area contributed by atoms with Crippen LogP contribution in [0.2, 0.25) is 0 Å². The Morgan fingerprint density at radius 3 is 2.62 bits per heavy atom. The number of thiocarbonyl (C=S) groups is 1. The molecule has 1 heterocycles. The molecule has 0 aliphatic carbocycles. The first kappa shape index (κ1) is 17.7. The van der Waals surface area contributed by atoms with E-state index < -0.39 is 0 Å². The third-order valence-corrected chi connectivity index (χ3v) is 3.64. The highest BCUT2D eigenvalue weighted by atomic mass is 32.1. The van der Waals surface area contributed by atoms with Crippen molar-refractivity contribution < 1.29 is 14.1 Å². The molecule has 128 valence electrons. The minimum absolute atomic E-state index is 0.311. The number of hydrazine groups is 1. The summed E-state index contributed by atoms with van der Waals surface area (Å²) in [7, 11) is 1.62. The van der Waals surface area contributed by atoms with E-state index in [1.165, 1.54) is 0 Å². The molecular weight excluding hydrogens is 328 g/mol. The molecule has 1 aromatic heterocycles. The van der Waals surface area contributed by atoms with Crippen molar-refractivity contribution in [1.82, 2.24) is 21.3 Å². The number of aryl methyl sites for hydroxylation is 2. The molecule has 24 heavy (non-hydrogen) atoms. The number of methoxy groups -OCH3 is 1. The number of carbonyl (C=O) groups is 1. The Balaban J connectivity index is 1.82. The van der Waals surface area contributed by atoms with Gasteiger partial charge in [0, 0.05) is 6.54 Å². The Morgan fingerprint density at radius 2 is 2.00 bits per heavy atom. The van der Waals surface area contributed by atoms with Gasteiger partial charge in [0.2, 0.25) is 0 Å². The van der Waals surface area contributed by atoms with E-state index in [4.69, 9.17) is 21.5 Å². The topological polar surface area (TPSA) is 88.4 Å². The third-order valence-electron chi connectivity index (χ3n) is 3.40. The van der Waals surface area contributed by atoms with Crippen molar-refractivity contribution in [3.63, 3.8) is 0 Å². The molecule has 3 N–H and O–H groups in total. The highest BCUT2D eigenvalue weighted by Gasteiger charge is 2.18. The molecule has 0 spiro atoms. The van der Waals surface area contributed by atoms with Crippen LogP contribution < -0.4 is 20.9 Å². The fraction of sp³-hybridized carbons (Fsp3) is 0.312. The van der Waals surface area contributed by atoms with Gasteiger partial charge in [0.15, 0.2) is 5.11 Å². The number of hydrogen-bond donors (Lipinski definition) is 3. The van der Waals surface area contributed by atoms with Crippen molar-refractivity contribution in [2.45, 2.75) is 26.8 Å². The molecule has 8 heteroatoms. The number of nitrogens with one attached hydrogen (secondary N) is 3. The highest BCUT2D eigenvalue weighted by molar-refractivity contribution is 7.80. The summed E-state index contributed by atoms with van der Waals surface area (Å²) in [4.78, 5) is 12.2. The third kappa shape index (κ3) is 4.45. The summed E-state index contributed by atoms with van der Waals surface area (Å²) in [6.45, 7) is 4.13. The first-order valence-corrected chi connectivity index (χ1v) is 7.88. The van der Waals surface area contributed by atoms with E-state index in [2.05, 4.69) is 21.3 Å². The lowest BCUT2D eigenvalue weighted by Crippen LogP contribution is -2.46. The minimum Gasteiger partial charge on any atom is -0.497 e. The van der Waals surface area contributed by atoms with Crippen molar-refractivity contribution in [3.05, 3.63) is 46.8 Å². The number of amides is 1. The van der Waals surface area contributed by atoms with Gasteiger partial charge in [-0.05, 0) is 43.3 Å². The molecule has 0 unspecified atom stereocenters. The molecule has 1 amide bonds. The van der Waals surface area contributed by atoms with Gasteiger partial charge in [-0.2, -0.15) is 0 Å². The number of hydrogen-bond acceptors (Lipinski definition) is 5. The van der Waals surface area contributed by atoms with Gasteiger partial charge in [-0.15, -0.1) is 0 Å². The van der Waals surface area contributed by atoms with Gasteiger partial charge in [0.1, 0.15) is 17.1 Å². The SMILES string of the molecule is CCc1noc(C)c1C(=O)NNC(=S)NCc1ccc(OC)cc1. The molecule has 0 aliphatic heterocycles. The fourth-order valence-electron chi connectivity index (χ4n) is 2.10. The van der Waals surface area contributed by atoms with E-state index in [9.17, 15) is 4.79 Å². The van der Waals surface area contributed by atoms with Gasteiger partial charge >= 0.3 is 0 Å². The van der Waals surface area contributed by atoms with Crippen molar-refractivity contribution in [2.75, 3.05) is 7.11 Å². The second-order valence-electron chi connectivity index (χ2n) is 5.02. The van der Waals surface area contributed by atoms with Gasteiger partial charge in [0.25, 0.3) is 5.91 Å². The number of carbonyl (C=O) groups excluding carboxylic acids is 1. The molecule has 0 fully saturated rings. The first-order valence-electron chi connectivity index (χ1n) is 7.47. The first-order chi connectivity index (χ1) is 11.5. The molecule has 0 bridgehead atoms. The molecule has 0 aliphatic rings. The number of benzene rings is 1. The molecule has 0 atom stereocenters. The summed E-state index contributed by atoms with van der Waals surface area (Å²) in [6.07, 6.45) is 0.611. The quantitative estimate of drug-likeness (QED) is 0.561. The van der Waals surface area contributed by atoms with Crippen molar-refractivity contribution in [2.24, 2.45) is 0 Å². The van der Waals surface area contributed by atoms with E-state index in [1.54, 1.807) is 14.0 Å². The fourth-order valence-corrected chi connectivity index (χ4v) is 2.22. The summed E-state index contributed by atoms with van der Waals surface area (Å²) < 4.78 is 10.1. The van der Waals surface area contributed by atoms with Crippen LogP contribution in [0.25, 0.3) is 0 Å². The van der Waals surface area contributed by atoms with Gasteiger partial charge in [-0.1, -0.05) is 24.2 Å². The molecule has 0 saturated heterocycles. The summed E-state index contributed by atoms with van der Waals surface area (Å²) >= 11 is 5.14. The van der Waals surface area contributed by atoms with Gasteiger partial charge in [0.05, 0.1) is 12.8 Å². The van der Waals surface area contributed by atoms with Crippen LogP contribution in [0.4, 0.5) is 0 Å². The minimum atomic E-state index is -0.334. The van der Waals surface area contributed by atoms with E-state index in [0.717, 1.165) is 11.3 Å². The summed E-state index contributed by atoms with van der Waals surface area (Å²) in [6, 6.07) is 7.61. The molecular formula is C16H20N4O3S. The standard InChI is InChI=1S/C16H20N4O3S/c1-4-13-14(10(2)23-20-13)15(21)18-19-16(24)17-9-11-5-7-12(22-3)8-6-11/h5-8H,4,9H2,1-3H3,(H,18,21)(H2,17,19,24). The van der Waals surface area contributed by atoms with E-state index in [-0.39, 0.29) is 5.91 Å². The smallest absolute Gasteiger partial charge is 0.275 e. The van der Waals surface area contributed by atoms with Crippen LogP contribution >= 0.6 is 12.2 Å². The zero-order valence-corrected chi connectivity index (χ0v) is 14.6. The lowest BCUT2D eigenvalue weighted by Gasteiger charge is -2.12. The van der Waals surface area contributed by atoms with E-state index in [1.807, 2.05) is 31.2 Å². The highest BCUT2D eigenvalue weighted by Crippen LogP contribution is 2.13. The Morgan fingerprint density at radius 1 is 1.29 bits per heavy atom. The average molecular weight is 348 g/mol. The number of aromatic nitrogens is 1. The Labute approximate surface area is 145 Å². The predicted molar refractivity (Wildman–Crippen MR) is 93.7 cm³/mol. The summed E-state index contributed by atoms with van der Waals surface area (Å²) in [5.41, 5.74) is 7.30. The maximum atomic E-state index is 12.2. The number of ether oxygens (including phenoxy) is 1. The Hall–Kier alpha value is -2.61. The van der Waals surface area contributed by atoms with Crippen LogP contribution in [0.1, 0.15) is 34.3 Å². The number of rotatable bonds is 5. The van der Waals surface area contributed by atoms with Gasteiger partial charge < -0.3 is 14.6 Å². The predicted octanol–water partition coefficient (Wildman–Crippen LogP) is 1.86. The van der Waals surface area contributed by atoms with Crippen molar-refractivity contribution >= 4 is 23.2 Å². The molecule has 0 saturated carbocycles. The zero-order chi connectivity index (χ0) is 17.5.